The first-order valence-corrected chi connectivity index (χ1v) is 13.9. The fourth-order valence-corrected chi connectivity index (χ4v) is 5.67. The van der Waals surface area contributed by atoms with Crippen molar-refractivity contribution in [1.82, 2.24) is 25.0 Å². The summed E-state index contributed by atoms with van der Waals surface area (Å²) >= 11 is 0. The average Bonchev–Trinajstić information content (AvgIpc) is 3.67. The van der Waals surface area contributed by atoms with Crippen molar-refractivity contribution < 1.29 is 27.1 Å². The number of aromatic nitrogens is 3. The van der Waals surface area contributed by atoms with E-state index in [2.05, 4.69) is 10.4 Å². The first kappa shape index (κ1) is 29.2. The summed E-state index contributed by atoms with van der Waals surface area (Å²) in [5.41, 5.74) is -0.232. The highest BCUT2D eigenvalue weighted by atomic mass is 19.1. The fourth-order valence-electron chi connectivity index (χ4n) is 5.67. The Hall–Kier alpha value is -3.31. The molecule has 3 heterocycles. The van der Waals surface area contributed by atoms with E-state index in [9.17, 15) is 22.4 Å². The molecule has 1 aromatic heterocycles. The number of alkyl halides is 1. The van der Waals surface area contributed by atoms with Crippen LogP contribution in [0.2, 0.25) is 0 Å². The van der Waals surface area contributed by atoms with Crippen LogP contribution >= 0.6 is 0 Å². The quantitative estimate of drug-likeness (QED) is 0.382. The van der Waals surface area contributed by atoms with Crippen molar-refractivity contribution in [3.8, 4) is 11.4 Å². The minimum atomic E-state index is -1.14. The second-order valence-corrected chi connectivity index (χ2v) is 11.9. The molecule has 3 aromatic rings. The van der Waals surface area contributed by atoms with Crippen LogP contribution in [-0.2, 0) is 16.1 Å². The van der Waals surface area contributed by atoms with E-state index in [-0.39, 0.29) is 36.9 Å². The number of carbonyl (C=O) groups excluding carboxylic acids is 1. The average molecular weight is 574 g/mol. The zero-order valence-electron chi connectivity index (χ0n) is 23.4. The molecular weight excluding hydrogens is 538 g/mol. The Balaban J connectivity index is 1.65. The molecule has 220 valence electrons. The predicted octanol–water partition coefficient (Wildman–Crippen LogP) is 5.06. The van der Waals surface area contributed by atoms with Crippen molar-refractivity contribution in [2.75, 3.05) is 26.2 Å². The van der Waals surface area contributed by atoms with E-state index in [1.165, 1.54) is 16.8 Å². The Labute approximate surface area is 236 Å². The Morgan fingerprint density at radius 1 is 1.15 bits per heavy atom. The van der Waals surface area contributed by atoms with Crippen LogP contribution in [0.25, 0.3) is 11.4 Å². The number of ether oxygens (including phenoxy) is 1. The van der Waals surface area contributed by atoms with Crippen LogP contribution in [0.3, 0.4) is 0 Å². The maximum atomic E-state index is 14.9. The molecule has 1 unspecified atom stereocenters. The molecule has 0 radical (unpaired) electrons. The smallest absolute Gasteiger partial charge is 0.252 e. The van der Waals surface area contributed by atoms with Gasteiger partial charge in [0.15, 0.2) is 11.6 Å². The van der Waals surface area contributed by atoms with E-state index in [0.717, 1.165) is 24.6 Å². The summed E-state index contributed by atoms with van der Waals surface area (Å²) in [5, 5.41) is 7.60. The standard InChI is InChI=1S/C30H35F4N5O2/c1-30(2,3)26(38(17-19-14-35-15-24(19)34)29(40)25-8-5-11-41-25)28-36-27(22-13-21(32)9-10-23(22)33)37-39(28)16-18-6-4-7-20(31)12-18/h4,6-7,9-10,12-13,19,24-26,35H,5,8,11,14-17H2,1-3H3/t19-,24+,25?,26+/m1/s1. The zero-order chi connectivity index (χ0) is 29.3. The van der Waals surface area contributed by atoms with Crippen molar-refractivity contribution in [3.05, 3.63) is 71.3 Å². The minimum absolute atomic E-state index is 0.0578. The number of halogens is 4. The third-order valence-corrected chi connectivity index (χ3v) is 7.64. The summed E-state index contributed by atoms with van der Waals surface area (Å²) in [4.78, 5) is 20.4. The summed E-state index contributed by atoms with van der Waals surface area (Å²) in [6.07, 6.45) is -0.534. The van der Waals surface area contributed by atoms with Crippen molar-refractivity contribution >= 4 is 5.91 Å². The molecule has 2 fully saturated rings. The lowest BCUT2D eigenvalue weighted by Gasteiger charge is -2.41. The van der Waals surface area contributed by atoms with Crippen molar-refractivity contribution in [1.29, 1.82) is 0 Å². The van der Waals surface area contributed by atoms with Gasteiger partial charge in [0.25, 0.3) is 5.91 Å². The van der Waals surface area contributed by atoms with E-state index in [1.54, 1.807) is 17.0 Å². The van der Waals surface area contributed by atoms with Gasteiger partial charge in [-0.25, -0.2) is 27.2 Å². The molecule has 41 heavy (non-hydrogen) atoms. The normalized spacial score (nSPS) is 21.8. The Bertz CT molecular complexity index is 1390. The van der Waals surface area contributed by atoms with Crippen molar-refractivity contribution in [3.63, 3.8) is 0 Å². The van der Waals surface area contributed by atoms with Gasteiger partial charge < -0.3 is 15.0 Å². The van der Waals surface area contributed by atoms with Crippen molar-refractivity contribution in [2.24, 2.45) is 11.3 Å². The summed E-state index contributed by atoms with van der Waals surface area (Å²) in [6.45, 7) is 7.01. The third kappa shape index (κ3) is 6.46. The van der Waals surface area contributed by atoms with Crippen LogP contribution in [0.5, 0.6) is 0 Å². The van der Waals surface area contributed by atoms with E-state index in [1.807, 2.05) is 20.8 Å². The van der Waals surface area contributed by atoms with Crippen LogP contribution in [0.1, 0.15) is 51.0 Å². The number of hydrogen-bond acceptors (Lipinski definition) is 5. The lowest BCUT2D eigenvalue weighted by molar-refractivity contribution is -0.147. The minimum Gasteiger partial charge on any atom is -0.368 e. The van der Waals surface area contributed by atoms with Gasteiger partial charge in [0.2, 0.25) is 0 Å². The zero-order valence-corrected chi connectivity index (χ0v) is 23.4. The van der Waals surface area contributed by atoms with E-state index >= 15 is 0 Å². The van der Waals surface area contributed by atoms with Gasteiger partial charge in [-0.1, -0.05) is 32.9 Å². The lowest BCUT2D eigenvalue weighted by Crippen LogP contribution is -2.49. The molecule has 2 aromatic carbocycles. The van der Waals surface area contributed by atoms with E-state index in [0.29, 0.717) is 31.0 Å². The maximum absolute atomic E-state index is 14.9. The SMILES string of the molecule is CC(C)(C)[C@H](c1nc(-c2cc(F)ccc2F)nn1Cc1cccc(F)c1)N(C[C@H]1CNC[C@@H]1F)C(=O)C1CCCO1. The molecular formula is C30H35F4N5O2. The number of rotatable bonds is 8. The predicted molar refractivity (Wildman–Crippen MR) is 145 cm³/mol. The molecule has 2 aliphatic heterocycles. The van der Waals surface area contributed by atoms with E-state index < -0.39 is 47.1 Å². The first-order chi connectivity index (χ1) is 19.5. The molecule has 0 spiro atoms. The molecule has 2 aliphatic rings. The Morgan fingerprint density at radius 2 is 1.93 bits per heavy atom. The number of nitrogens with zero attached hydrogens (tertiary/aromatic N) is 4. The summed E-state index contributed by atoms with van der Waals surface area (Å²) in [6, 6.07) is 8.23. The third-order valence-electron chi connectivity index (χ3n) is 7.64. The van der Waals surface area contributed by atoms with E-state index in [4.69, 9.17) is 9.72 Å². The fraction of sp³-hybridized carbons (Fsp3) is 0.500. The topological polar surface area (TPSA) is 72.3 Å². The van der Waals surface area contributed by atoms with Crippen LogP contribution < -0.4 is 5.32 Å². The van der Waals surface area contributed by atoms with Crippen LogP contribution in [0, 0.1) is 28.8 Å². The molecule has 1 amide bonds. The molecule has 0 aliphatic carbocycles. The van der Waals surface area contributed by atoms with Gasteiger partial charge in [0, 0.05) is 32.2 Å². The number of benzene rings is 2. The highest BCUT2D eigenvalue weighted by molar-refractivity contribution is 5.81. The second-order valence-electron chi connectivity index (χ2n) is 11.9. The molecule has 0 saturated carbocycles. The van der Waals surface area contributed by atoms with Gasteiger partial charge in [0.05, 0.1) is 18.2 Å². The van der Waals surface area contributed by atoms with Gasteiger partial charge in [-0.2, -0.15) is 5.10 Å². The van der Waals surface area contributed by atoms with Crippen LogP contribution in [0.15, 0.2) is 42.5 Å². The van der Waals surface area contributed by atoms with Crippen LogP contribution in [0.4, 0.5) is 17.6 Å². The van der Waals surface area contributed by atoms with Gasteiger partial charge in [-0.15, -0.1) is 0 Å². The Kier molecular flexibility index (Phi) is 8.47. The highest BCUT2D eigenvalue weighted by Crippen LogP contribution is 2.40. The second kappa shape index (κ2) is 11.9. The van der Waals surface area contributed by atoms with Gasteiger partial charge in [0.1, 0.15) is 29.7 Å². The summed E-state index contributed by atoms with van der Waals surface area (Å²) in [5.74, 6) is -2.31. The number of amides is 1. The molecule has 4 atom stereocenters. The van der Waals surface area contributed by atoms with Gasteiger partial charge in [-0.05, 0) is 54.2 Å². The summed E-state index contributed by atoms with van der Waals surface area (Å²) < 4.78 is 65.3. The van der Waals surface area contributed by atoms with Gasteiger partial charge in [-0.3, -0.25) is 4.79 Å². The molecule has 0 bridgehead atoms. The van der Waals surface area contributed by atoms with Crippen LogP contribution in [-0.4, -0.2) is 64.1 Å². The number of hydrogen-bond donors (Lipinski definition) is 1. The molecule has 11 heteroatoms. The lowest BCUT2D eigenvalue weighted by atomic mass is 9.83. The summed E-state index contributed by atoms with van der Waals surface area (Å²) in [7, 11) is 0. The molecule has 1 N–H and O–H groups in total. The molecule has 7 nitrogen and oxygen atoms in total. The van der Waals surface area contributed by atoms with Crippen molar-refractivity contribution in [2.45, 2.75) is 58.5 Å². The Morgan fingerprint density at radius 3 is 2.59 bits per heavy atom. The molecule has 5 rings (SSSR count). The largest absolute Gasteiger partial charge is 0.368 e. The molecule has 2 saturated heterocycles. The maximum Gasteiger partial charge on any atom is 0.252 e. The van der Waals surface area contributed by atoms with Gasteiger partial charge >= 0.3 is 0 Å². The monoisotopic (exact) mass is 573 g/mol. The number of nitrogens with one attached hydrogen (secondary N) is 1. The highest BCUT2D eigenvalue weighted by Gasteiger charge is 2.44. The first-order valence-electron chi connectivity index (χ1n) is 13.9. The number of carbonyl (C=O) groups is 1.